The van der Waals surface area contributed by atoms with Crippen molar-refractivity contribution in [2.75, 3.05) is 0 Å². The minimum absolute atomic E-state index is 0. The molecule has 0 saturated heterocycles. The van der Waals surface area contributed by atoms with Gasteiger partial charge in [0.25, 0.3) is 11.9 Å². The molecule has 5 N–H and O–H groups in total. The molecule has 0 amide bonds. The van der Waals surface area contributed by atoms with Crippen LogP contribution in [0.3, 0.4) is 0 Å². The van der Waals surface area contributed by atoms with Crippen LogP contribution in [0.2, 0.25) is 0 Å². The Kier molecular flexibility index (Phi) is 66.1. The molecule has 0 aromatic rings. The summed E-state index contributed by atoms with van der Waals surface area (Å²) in [6.07, 6.45) is 0. The van der Waals surface area contributed by atoms with Crippen molar-refractivity contribution in [2.24, 2.45) is 0 Å². The summed E-state index contributed by atoms with van der Waals surface area (Å²) in [6, 6.07) is 0.944. The van der Waals surface area contributed by atoms with Gasteiger partial charge in [0, 0.05) is 13.8 Å². The van der Waals surface area contributed by atoms with Crippen LogP contribution in [0.1, 0.15) is 16.7 Å². The van der Waals surface area contributed by atoms with Gasteiger partial charge in [-0.1, -0.05) is 0 Å². The van der Waals surface area contributed by atoms with Crippen LogP contribution in [0.5, 0.6) is 0 Å². The average Bonchev–Trinajstić information content (AvgIpc) is 1.84. The van der Waals surface area contributed by atoms with Gasteiger partial charge >= 0.3 is 65.1 Å². The van der Waals surface area contributed by atoms with Crippen LogP contribution in [0.4, 0.5) is 0 Å². The van der Waals surface area contributed by atoms with E-state index in [1.165, 1.54) is 0 Å². The quantitative estimate of drug-likeness (QED) is 0.220. The van der Waals surface area contributed by atoms with Gasteiger partial charge in [0.05, 0.1) is 0 Å². The second kappa shape index (κ2) is 29.4. The molecule has 0 saturated carbocycles. The first-order valence-corrected chi connectivity index (χ1v) is 2.76. The topological polar surface area (TPSA) is 167 Å². The maximum absolute atomic E-state index is 9.01. The Morgan fingerprint density at radius 1 is 1.00 bits per heavy atom. The van der Waals surface area contributed by atoms with Gasteiger partial charge in [0.2, 0.25) is 0 Å². The van der Waals surface area contributed by atoms with Crippen LogP contribution in [-0.4, -0.2) is 38.7 Å². The van der Waals surface area contributed by atoms with Gasteiger partial charge in [0.15, 0.2) is 6.07 Å². The van der Waals surface area contributed by atoms with Crippen molar-refractivity contribution in [1.29, 1.82) is 5.26 Å². The third kappa shape index (κ3) is 663. The standard InChI is InChI=1S/C2HNO2.2C2H4O2.2Na.H2O.2H/c3-1-2(4)5;2*1-2(3)4;;;;;/h(H,4,5);2*1H3,(H,3,4);;;1H2;;/q;;;2*+1;;2*-1. The fourth-order valence-electron chi connectivity index (χ4n) is 0. The molecule has 86 valence electrons. The minimum Gasteiger partial charge on any atom is -1.00 e. The van der Waals surface area contributed by atoms with Gasteiger partial charge in [-0.25, -0.2) is 4.79 Å². The van der Waals surface area contributed by atoms with Crippen molar-refractivity contribution in [3.8, 4) is 6.07 Å². The second-order valence-electron chi connectivity index (χ2n) is 1.45. The molecule has 0 heterocycles. The van der Waals surface area contributed by atoms with Gasteiger partial charge in [-0.2, -0.15) is 5.26 Å². The zero-order valence-electron chi connectivity index (χ0n) is 11.5. The van der Waals surface area contributed by atoms with E-state index in [2.05, 4.69) is 0 Å². The maximum Gasteiger partial charge on any atom is 1.00 e. The van der Waals surface area contributed by atoms with E-state index in [0.29, 0.717) is 0 Å². The molecule has 16 heavy (non-hydrogen) atoms. The molecule has 8 nitrogen and oxygen atoms in total. The molecule has 10 heteroatoms. The van der Waals surface area contributed by atoms with Crippen LogP contribution < -0.4 is 59.1 Å². The van der Waals surface area contributed by atoms with Crippen LogP contribution in [-0.2, 0) is 14.4 Å². The zero-order valence-corrected chi connectivity index (χ0v) is 13.5. The molecule has 0 spiro atoms. The summed E-state index contributed by atoms with van der Waals surface area (Å²) in [7, 11) is 0. The van der Waals surface area contributed by atoms with Gasteiger partial charge in [-0.15, -0.1) is 0 Å². The first kappa shape index (κ1) is 36.0. The van der Waals surface area contributed by atoms with Crippen LogP contribution >= 0.6 is 0 Å². The van der Waals surface area contributed by atoms with E-state index in [4.69, 9.17) is 35.0 Å². The van der Waals surface area contributed by atoms with Crippen LogP contribution in [0, 0.1) is 11.3 Å². The Morgan fingerprint density at radius 2 is 1.06 bits per heavy atom. The molecule has 0 aliphatic carbocycles. The third-order valence-electron chi connectivity index (χ3n) is 0.0956. The molecule has 0 fully saturated rings. The Morgan fingerprint density at radius 3 is 1.06 bits per heavy atom. The summed E-state index contributed by atoms with van der Waals surface area (Å²) in [5.74, 6) is -3.11. The number of nitriles is 1. The predicted octanol–water partition coefficient (Wildman–Crippen LogP) is -6.82. The van der Waals surface area contributed by atoms with Crippen LogP contribution in [0.15, 0.2) is 0 Å². The summed E-state index contributed by atoms with van der Waals surface area (Å²) in [5, 5.41) is 29.5. The summed E-state index contributed by atoms with van der Waals surface area (Å²) in [4.78, 5) is 27.0. The molecule has 0 unspecified atom stereocenters. The zero-order chi connectivity index (χ0) is 11.4. The number of carboxylic acid groups (broad SMARTS) is 3. The van der Waals surface area contributed by atoms with Gasteiger partial charge in [-0.05, 0) is 0 Å². The van der Waals surface area contributed by atoms with Gasteiger partial charge < -0.3 is 23.6 Å². The molecule has 0 aromatic carbocycles. The number of hydrogen-bond acceptors (Lipinski definition) is 4. The van der Waals surface area contributed by atoms with Gasteiger partial charge in [0.1, 0.15) is 0 Å². The Hall–Kier alpha value is -0.140. The predicted molar refractivity (Wildman–Crippen MR) is 45.7 cm³/mol. The van der Waals surface area contributed by atoms with Gasteiger partial charge in [-0.3, -0.25) is 9.59 Å². The van der Waals surface area contributed by atoms with Crippen molar-refractivity contribution in [1.82, 2.24) is 0 Å². The number of aliphatic carboxylic acids is 3. The minimum atomic E-state index is -1.44. The first-order valence-electron chi connectivity index (χ1n) is 2.76. The average molecular weight is 257 g/mol. The molecule has 0 rings (SSSR count). The number of carboxylic acids is 3. The molecule has 0 aliphatic heterocycles. The number of hydrogen-bond donors (Lipinski definition) is 3. The molecular weight excluding hydrogens is 244 g/mol. The molecule has 0 bridgehead atoms. The number of carbonyl (C=O) groups is 3. The summed E-state index contributed by atoms with van der Waals surface area (Å²) >= 11 is 0. The molecule has 0 atom stereocenters. The molecule has 0 radical (unpaired) electrons. The molecule has 0 aromatic heterocycles. The van der Waals surface area contributed by atoms with Crippen molar-refractivity contribution >= 4 is 17.9 Å². The Labute approximate surface area is 139 Å². The van der Waals surface area contributed by atoms with Crippen LogP contribution in [0.25, 0.3) is 0 Å². The smallest absolute Gasteiger partial charge is 1.00 e. The Balaban J connectivity index is -0.0000000123. The van der Waals surface area contributed by atoms with E-state index in [1.54, 1.807) is 0 Å². The number of nitrogens with zero attached hydrogens (tertiary/aromatic N) is 1. The monoisotopic (exact) mass is 257 g/mol. The summed E-state index contributed by atoms with van der Waals surface area (Å²) < 4.78 is 0. The van der Waals surface area contributed by atoms with E-state index in [1.807, 2.05) is 0 Å². The SMILES string of the molecule is CC(=O)O.CC(=O)O.N#CC(=O)O.O.[H-].[H-].[Na+].[Na+]. The van der Waals surface area contributed by atoms with E-state index < -0.39 is 17.9 Å². The largest absolute Gasteiger partial charge is 1.00 e. The Bertz CT molecular complexity index is 214. The van der Waals surface area contributed by atoms with E-state index in [9.17, 15) is 0 Å². The normalized spacial score (nSPS) is 4.81. The fraction of sp³-hybridized carbons (Fsp3) is 0.333. The van der Waals surface area contributed by atoms with Crippen molar-refractivity contribution in [3.63, 3.8) is 0 Å². The third-order valence-corrected chi connectivity index (χ3v) is 0.0956. The van der Waals surface area contributed by atoms with Crippen molar-refractivity contribution < 1.29 is 97.1 Å². The summed E-state index contributed by atoms with van der Waals surface area (Å²) in [5.41, 5.74) is 0. The molecular formula is C6H13NNa2O7. The van der Waals surface area contributed by atoms with E-state index in [0.717, 1.165) is 19.9 Å². The fourth-order valence-corrected chi connectivity index (χ4v) is 0. The van der Waals surface area contributed by atoms with Crippen molar-refractivity contribution in [2.45, 2.75) is 13.8 Å². The molecule has 0 aliphatic rings. The summed E-state index contributed by atoms with van der Waals surface area (Å²) in [6.45, 7) is 2.17. The van der Waals surface area contributed by atoms with E-state index >= 15 is 0 Å². The van der Waals surface area contributed by atoms with E-state index in [-0.39, 0.29) is 67.4 Å². The second-order valence-corrected chi connectivity index (χ2v) is 1.45. The maximum atomic E-state index is 9.01. The number of rotatable bonds is 0. The first-order chi connectivity index (χ1) is 5.73. The van der Waals surface area contributed by atoms with Crippen molar-refractivity contribution in [3.05, 3.63) is 0 Å².